The summed E-state index contributed by atoms with van der Waals surface area (Å²) in [7, 11) is -1.04. The summed E-state index contributed by atoms with van der Waals surface area (Å²) in [6, 6.07) is 3.78. The highest BCUT2D eigenvalue weighted by molar-refractivity contribution is 7.92. The fourth-order valence-electron chi connectivity index (χ4n) is 2.98. The molecule has 25 heavy (non-hydrogen) atoms. The third-order valence-electron chi connectivity index (χ3n) is 4.42. The predicted octanol–water partition coefficient (Wildman–Crippen LogP) is 1.48. The van der Waals surface area contributed by atoms with Crippen molar-refractivity contribution >= 4 is 21.8 Å². The summed E-state index contributed by atoms with van der Waals surface area (Å²) < 4.78 is 35.1. The molecule has 1 fully saturated rings. The molecule has 1 heterocycles. The van der Waals surface area contributed by atoms with Crippen LogP contribution in [-0.2, 0) is 24.1 Å². The van der Waals surface area contributed by atoms with Crippen molar-refractivity contribution in [2.45, 2.75) is 36.5 Å². The zero-order valence-electron chi connectivity index (χ0n) is 14.7. The van der Waals surface area contributed by atoms with Crippen molar-refractivity contribution in [3.05, 3.63) is 29.3 Å². The fraction of sp³-hybridized carbons (Fsp3) is 0.529. The molecule has 1 aliphatic rings. The van der Waals surface area contributed by atoms with E-state index in [1.54, 1.807) is 13.8 Å². The van der Waals surface area contributed by atoms with Gasteiger partial charge < -0.3 is 14.8 Å². The molecule has 7 nitrogen and oxygen atoms in total. The number of esters is 2. The van der Waals surface area contributed by atoms with Crippen LogP contribution in [0.1, 0.15) is 42.2 Å². The molecule has 0 aliphatic carbocycles. The van der Waals surface area contributed by atoms with E-state index >= 15 is 0 Å². The summed E-state index contributed by atoms with van der Waals surface area (Å²) in [5.41, 5.74) is 0.627. The predicted molar refractivity (Wildman–Crippen MR) is 91.0 cm³/mol. The van der Waals surface area contributed by atoms with Crippen LogP contribution in [0.25, 0.3) is 0 Å². The Bertz CT molecular complexity index is 771. The number of nitrogens with one attached hydrogen (secondary N) is 1. The monoisotopic (exact) mass is 369 g/mol. The summed E-state index contributed by atoms with van der Waals surface area (Å²) in [6.45, 7) is 3.73. The molecular weight excluding hydrogens is 346 g/mol. The van der Waals surface area contributed by atoms with Crippen LogP contribution < -0.4 is 5.32 Å². The van der Waals surface area contributed by atoms with Crippen LogP contribution >= 0.6 is 0 Å². The smallest absolute Gasteiger partial charge is 0.337 e. The second-order valence-corrected chi connectivity index (χ2v) is 8.66. The highest BCUT2D eigenvalue weighted by Gasteiger charge is 2.38. The maximum Gasteiger partial charge on any atom is 0.337 e. The second kappa shape index (κ2) is 7.53. The highest BCUT2D eigenvalue weighted by Crippen LogP contribution is 2.36. The van der Waals surface area contributed by atoms with E-state index in [1.807, 2.05) is 0 Å². The minimum absolute atomic E-state index is 0.114. The van der Waals surface area contributed by atoms with E-state index in [0.29, 0.717) is 18.5 Å². The van der Waals surface area contributed by atoms with Crippen molar-refractivity contribution in [2.24, 2.45) is 5.92 Å². The third-order valence-corrected chi connectivity index (χ3v) is 6.65. The van der Waals surface area contributed by atoms with E-state index in [4.69, 9.17) is 9.47 Å². The van der Waals surface area contributed by atoms with Crippen molar-refractivity contribution in [1.29, 1.82) is 0 Å². The summed E-state index contributed by atoms with van der Waals surface area (Å²) in [4.78, 5) is 24.0. The average Bonchev–Trinajstić information content (AvgIpc) is 3.09. The maximum absolute atomic E-state index is 12.7. The number of sulfone groups is 1. The van der Waals surface area contributed by atoms with E-state index in [0.717, 1.165) is 0 Å². The van der Waals surface area contributed by atoms with Gasteiger partial charge in [0.25, 0.3) is 0 Å². The number of hydrogen-bond donors (Lipinski definition) is 1. The Balaban J connectivity index is 2.63. The average molecular weight is 369 g/mol. The number of hydrogen-bond acceptors (Lipinski definition) is 7. The number of ether oxygens (including phenoxy) is 2. The molecule has 1 aliphatic heterocycles. The van der Waals surface area contributed by atoms with Gasteiger partial charge in [0.1, 0.15) is 0 Å². The molecular formula is C17H23NO6S. The van der Waals surface area contributed by atoms with Crippen LogP contribution in [0, 0.1) is 5.92 Å². The number of rotatable bonds is 5. The quantitative estimate of drug-likeness (QED) is 0.785. The molecule has 2 rings (SSSR count). The molecule has 0 aromatic heterocycles. The fourth-order valence-corrected chi connectivity index (χ4v) is 4.26. The summed E-state index contributed by atoms with van der Waals surface area (Å²) >= 11 is 0. The molecule has 2 atom stereocenters. The molecule has 8 heteroatoms. The molecule has 138 valence electrons. The first-order chi connectivity index (χ1) is 11.7. The summed E-state index contributed by atoms with van der Waals surface area (Å²) in [6.07, 6.45) is 0.529. The van der Waals surface area contributed by atoms with Gasteiger partial charge in [0.15, 0.2) is 9.84 Å². The van der Waals surface area contributed by atoms with E-state index in [-0.39, 0.29) is 10.5 Å². The summed E-state index contributed by atoms with van der Waals surface area (Å²) in [5, 5.41) is 2.53. The number of methoxy groups -OCH3 is 2. The van der Waals surface area contributed by atoms with E-state index in [9.17, 15) is 18.0 Å². The van der Waals surface area contributed by atoms with Gasteiger partial charge in [0.2, 0.25) is 0 Å². The molecule has 0 bridgehead atoms. The Morgan fingerprint density at radius 2 is 1.88 bits per heavy atom. The first kappa shape index (κ1) is 19.4. The van der Waals surface area contributed by atoms with Gasteiger partial charge in [-0.05, 0) is 50.6 Å². The van der Waals surface area contributed by atoms with Gasteiger partial charge in [-0.2, -0.15) is 0 Å². The molecule has 1 aromatic carbocycles. The Morgan fingerprint density at radius 3 is 2.44 bits per heavy atom. The molecule has 1 aromatic rings. The van der Waals surface area contributed by atoms with Crippen molar-refractivity contribution in [2.75, 3.05) is 20.8 Å². The lowest BCUT2D eigenvalue weighted by Crippen LogP contribution is -2.27. The van der Waals surface area contributed by atoms with Crippen molar-refractivity contribution in [1.82, 2.24) is 5.32 Å². The topological polar surface area (TPSA) is 98.8 Å². The van der Waals surface area contributed by atoms with Gasteiger partial charge >= 0.3 is 11.9 Å². The molecule has 0 saturated carbocycles. The first-order valence-electron chi connectivity index (χ1n) is 8.01. The van der Waals surface area contributed by atoms with Gasteiger partial charge in [-0.15, -0.1) is 0 Å². The number of carbonyl (C=O) groups excluding carboxylic acids is 2. The highest BCUT2D eigenvalue weighted by atomic mass is 32.2. The number of carbonyl (C=O) groups is 2. The van der Waals surface area contributed by atoms with Gasteiger partial charge in [0, 0.05) is 6.04 Å². The lowest BCUT2D eigenvalue weighted by Gasteiger charge is -2.22. The Morgan fingerprint density at radius 1 is 1.20 bits per heavy atom. The molecule has 1 saturated heterocycles. The van der Waals surface area contributed by atoms with Crippen LogP contribution in [0.4, 0.5) is 0 Å². The van der Waals surface area contributed by atoms with Crippen LogP contribution in [0.2, 0.25) is 0 Å². The van der Waals surface area contributed by atoms with E-state index in [2.05, 4.69) is 5.32 Å². The van der Waals surface area contributed by atoms with E-state index in [1.165, 1.54) is 32.4 Å². The third kappa shape index (κ3) is 3.69. The van der Waals surface area contributed by atoms with Crippen LogP contribution in [0.5, 0.6) is 0 Å². The van der Waals surface area contributed by atoms with Crippen molar-refractivity contribution in [3.63, 3.8) is 0 Å². The maximum atomic E-state index is 12.7. The van der Waals surface area contributed by atoms with E-state index < -0.39 is 39.0 Å². The largest absolute Gasteiger partial charge is 0.469 e. The van der Waals surface area contributed by atoms with Gasteiger partial charge in [-0.25, -0.2) is 13.2 Å². The lowest BCUT2D eigenvalue weighted by molar-refractivity contribution is -0.145. The Labute approximate surface area is 147 Å². The first-order valence-corrected chi connectivity index (χ1v) is 9.56. The van der Waals surface area contributed by atoms with Crippen LogP contribution in [0.15, 0.2) is 23.1 Å². The molecule has 1 N–H and O–H groups in total. The van der Waals surface area contributed by atoms with Gasteiger partial charge in [-0.1, -0.05) is 0 Å². The van der Waals surface area contributed by atoms with Crippen molar-refractivity contribution in [3.8, 4) is 0 Å². The summed E-state index contributed by atoms with van der Waals surface area (Å²) in [5.74, 6) is -1.49. The standard InChI is InChI=1S/C17H23NO6S/c1-10(2)25(21,22)14-6-5-11(16(19)23-3)9-13(14)15-12(7-8-18-15)17(20)24-4/h5-6,9-10,12,15,18H,7-8H2,1-4H3/t12-,15+/m1/s1. The van der Waals surface area contributed by atoms with Crippen molar-refractivity contribution < 1.29 is 27.5 Å². The normalized spacial score (nSPS) is 20.5. The molecule has 0 amide bonds. The van der Waals surface area contributed by atoms with Gasteiger partial charge in [-0.3, -0.25) is 4.79 Å². The van der Waals surface area contributed by atoms with Gasteiger partial charge in [0.05, 0.1) is 35.8 Å². The lowest BCUT2D eigenvalue weighted by atomic mass is 9.93. The Hall–Kier alpha value is -1.93. The minimum atomic E-state index is -3.59. The SMILES string of the molecule is COC(=O)c1ccc(S(=O)(=O)C(C)C)c([C@H]2NCC[C@H]2C(=O)OC)c1. The van der Waals surface area contributed by atoms with Crippen LogP contribution in [0.3, 0.4) is 0 Å². The van der Waals surface area contributed by atoms with Crippen LogP contribution in [-0.4, -0.2) is 46.4 Å². The Kier molecular flexibility index (Phi) is 5.84. The number of benzene rings is 1. The second-order valence-electron chi connectivity index (χ2n) is 6.19. The zero-order chi connectivity index (χ0) is 18.8. The minimum Gasteiger partial charge on any atom is -0.469 e. The zero-order valence-corrected chi connectivity index (χ0v) is 15.6. The molecule has 0 spiro atoms. The molecule has 0 unspecified atom stereocenters. The molecule has 0 radical (unpaired) electrons.